The molecular formula is C12H19O6P. The van der Waals surface area contributed by atoms with Gasteiger partial charge in [0.25, 0.3) is 0 Å². The molecule has 1 saturated carbocycles. The lowest BCUT2D eigenvalue weighted by molar-refractivity contribution is -0.143. The van der Waals surface area contributed by atoms with Crippen LogP contribution >= 0.6 is 7.60 Å². The molecule has 2 rings (SSSR count). The van der Waals surface area contributed by atoms with Crippen molar-refractivity contribution in [2.45, 2.75) is 44.9 Å². The number of Topliss-reactive ketones (excluding diaryl/α,β-unsaturated/α-hetero) is 1. The highest BCUT2D eigenvalue weighted by Crippen LogP contribution is 2.60. The van der Waals surface area contributed by atoms with E-state index in [1.165, 1.54) is 0 Å². The largest absolute Gasteiger partial charge is 0.461 e. The van der Waals surface area contributed by atoms with Crippen molar-refractivity contribution >= 4 is 19.3 Å². The molecule has 0 aromatic heterocycles. The predicted octanol–water partition coefficient (Wildman–Crippen LogP) is 1.92. The Balaban J connectivity index is 2.27. The number of ketones is 1. The summed E-state index contributed by atoms with van der Waals surface area (Å²) in [6, 6.07) is 0. The normalized spacial score (nSPS) is 31.2. The molecule has 0 spiro atoms. The molecule has 0 radical (unpaired) electrons. The van der Waals surface area contributed by atoms with Gasteiger partial charge in [-0.3, -0.25) is 14.2 Å². The van der Waals surface area contributed by atoms with Crippen LogP contribution in [0.1, 0.15) is 33.1 Å². The average molecular weight is 290 g/mol. The van der Waals surface area contributed by atoms with E-state index >= 15 is 0 Å². The highest BCUT2D eigenvalue weighted by molar-refractivity contribution is 7.55. The highest BCUT2D eigenvalue weighted by Gasteiger charge is 2.57. The summed E-state index contributed by atoms with van der Waals surface area (Å²) < 4.78 is 28.4. The SMILES string of the molecule is CCOP(=O)(OCC)C1C(=O)O[C@@H]2CCC(=O)C[C@H]12. The molecular weight excluding hydrogens is 271 g/mol. The first kappa shape index (κ1) is 14.7. The Labute approximate surface area is 112 Å². The maximum absolute atomic E-state index is 12.7. The highest BCUT2D eigenvalue weighted by atomic mass is 31.2. The van der Waals surface area contributed by atoms with Crippen LogP contribution in [-0.4, -0.2) is 36.7 Å². The third-order valence-electron chi connectivity index (χ3n) is 3.52. The van der Waals surface area contributed by atoms with E-state index in [0.717, 1.165) is 0 Å². The Hall–Kier alpha value is -0.710. The van der Waals surface area contributed by atoms with Crippen molar-refractivity contribution in [2.75, 3.05) is 13.2 Å². The lowest BCUT2D eigenvalue weighted by Gasteiger charge is -2.28. The lowest BCUT2D eigenvalue weighted by Crippen LogP contribution is -2.33. The van der Waals surface area contributed by atoms with Gasteiger partial charge in [0.05, 0.1) is 13.2 Å². The van der Waals surface area contributed by atoms with Crippen molar-refractivity contribution in [1.82, 2.24) is 0 Å². The van der Waals surface area contributed by atoms with Crippen LogP contribution in [0.3, 0.4) is 0 Å². The van der Waals surface area contributed by atoms with Gasteiger partial charge < -0.3 is 13.8 Å². The van der Waals surface area contributed by atoms with Crippen molar-refractivity contribution in [3.05, 3.63) is 0 Å². The molecule has 0 aromatic rings. The number of hydrogen-bond acceptors (Lipinski definition) is 6. The van der Waals surface area contributed by atoms with E-state index in [0.29, 0.717) is 12.8 Å². The molecule has 1 unspecified atom stereocenters. The number of ether oxygens (including phenoxy) is 1. The Morgan fingerprint density at radius 3 is 2.47 bits per heavy atom. The Morgan fingerprint density at radius 2 is 1.89 bits per heavy atom. The Kier molecular flexibility index (Phi) is 4.43. The van der Waals surface area contributed by atoms with Crippen LogP contribution in [0.15, 0.2) is 0 Å². The summed E-state index contributed by atoms with van der Waals surface area (Å²) >= 11 is 0. The van der Waals surface area contributed by atoms with Gasteiger partial charge in [0.15, 0.2) is 5.66 Å². The van der Waals surface area contributed by atoms with Crippen molar-refractivity contribution in [2.24, 2.45) is 5.92 Å². The molecule has 108 valence electrons. The first-order valence-electron chi connectivity index (χ1n) is 6.62. The molecule has 7 heteroatoms. The van der Waals surface area contributed by atoms with Crippen LogP contribution in [0.5, 0.6) is 0 Å². The fourth-order valence-corrected chi connectivity index (χ4v) is 4.99. The van der Waals surface area contributed by atoms with E-state index < -0.39 is 19.2 Å². The number of carbonyl (C=O) groups excluding carboxylic acids is 2. The smallest absolute Gasteiger partial charge is 0.345 e. The van der Waals surface area contributed by atoms with Gasteiger partial charge in [0, 0.05) is 18.8 Å². The van der Waals surface area contributed by atoms with E-state index in [4.69, 9.17) is 13.8 Å². The molecule has 3 atom stereocenters. The van der Waals surface area contributed by atoms with Crippen LogP contribution < -0.4 is 0 Å². The molecule has 0 bridgehead atoms. The third kappa shape index (κ3) is 2.76. The third-order valence-corrected chi connectivity index (χ3v) is 6.03. The van der Waals surface area contributed by atoms with Crippen molar-refractivity contribution < 1.29 is 27.9 Å². The summed E-state index contributed by atoms with van der Waals surface area (Å²) in [5.74, 6) is -0.864. The van der Waals surface area contributed by atoms with Crippen LogP contribution in [-0.2, 0) is 27.9 Å². The van der Waals surface area contributed by atoms with Crippen LogP contribution in [0, 0.1) is 5.92 Å². The molecule has 2 fully saturated rings. The van der Waals surface area contributed by atoms with Gasteiger partial charge in [0.1, 0.15) is 11.9 Å². The first-order chi connectivity index (χ1) is 9.01. The molecule has 0 aromatic carbocycles. The van der Waals surface area contributed by atoms with Gasteiger partial charge >= 0.3 is 13.6 Å². The fourth-order valence-electron chi connectivity index (χ4n) is 2.79. The first-order valence-corrected chi connectivity index (χ1v) is 8.24. The number of hydrogen-bond donors (Lipinski definition) is 0. The van der Waals surface area contributed by atoms with Gasteiger partial charge in [-0.15, -0.1) is 0 Å². The van der Waals surface area contributed by atoms with Crippen LogP contribution in [0.2, 0.25) is 0 Å². The van der Waals surface area contributed by atoms with Gasteiger partial charge in [-0.2, -0.15) is 0 Å². The van der Waals surface area contributed by atoms with Gasteiger partial charge in [-0.25, -0.2) is 0 Å². The minimum Gasteiger partial charge on any atom is -0.461 e. The molecule has 2 aliphatic rings. The molecule has 0 amide bonds. The maximum Gasteiger partial charge on any atom is 0.345 e. The number of esters is 1. The van der Waals surface area contributed by atoms with Crippen LogP contribution in [0.4, 0.5) is 0 Å². The van der Waals surface area contributed by atoms with Crippen molar-refractivity contribution in [3.63, 3.8) is 0 Å². The minimum absolute atomic E-state index is 0.0732. The Morgan fingerprint density at radius 1 is 1.26 bits per heavy atom. The molecule has 1 aliphatic heterocycles. The summed E-state index contributed by atoms with van der Waals surface area (Å²) in [6.07, 6.45) is 0.800. The van der Waals surface area contributed by atoms with E-state index in [9.17, 15) is 14.2 Å². The quantitative estimate of drug-likeness (QED) is 0.568. The van der Waals surface area contributed by atoms with E-state index in [2.05, 4.69) is 0 Å². The van der Waals surface area contributed by atoms with Gasteiger partial charge in [-0.1, -0.05) is 0 Å². The van der Waals surface area contributed by atoms with E-state index in [1.54, 1.807) is 13.8 Å². The minimum atomic E-state index is -3.57. The van der Waals surface area contributed by atoms with Gasteiger partial charge in [-0.05, 0) is 20.3 Å². The summed E-state index contributed by atoms with van der Waals surface area (Å²) in [6.45, 7) is 3.75. The second-order valence-corrected chi connectivity index (χ2v) is 6.89. The van der Waals surface area contributed by atoms with E-state index in [-0.39, 0.29) is 37.4 Å². The zero-order valence-electron chi connectivity index (χ0n) is 11.2. The molecule has 0 N–H and O–H groups in total. The molecule has 1 heterocycles. The second kappa shape index (κ2) is 5.73. The zero-order chi connectivity index (χ0) is 14.0. The molecule has 6 nitrogen and oxygen atoms in total. The standard InChI is InChI=1S/C12H19O6P/c1-3-16-19(15,17-4-2)11-9-7-8(13)5-6-10(9)18-12(11)14/h9-11H,3-7H2,1-2H3/t9-,10+,11?/m0/s1. The summed E-state index contributed by atoms with van der Waals surface area (Å²) in [7, 11) is -3.57. The Bertz CT molecular complexity index is 410. The number of carbonyl (C=O) groups is 2. The number of rotatable bonds is 5. The van der Waals surface area contributed by atoms with Gasteiger partial charge in [0.2, 0.25) is 0 Å². The second-order valence-electron chi connectivity index (χ2n) is 4.74. The van der Waals surface area contributed by atoms with Crippen LogP contribution in [0.25, 0.3) is 0 Å². The summed E-state index contributed by atoms with van der Waals surface area (Å²) in [5.41, 5.74) is -0.957. The zero-order valence-corrected chi connectivity index (χ0v) is 12.1. The monoisotopic (exact) mass is 290 g/mol. The maximum atomic E-state index is 12.7. The van der Waals surface area contributed by atoms with E-state index in [1.807, 2.05) is 0 Å². The average Bonchev–Trinajstić information content (AvgIpc) is 2.65. The number of fused-ring (bicyclic) bond motifs is 1. The molecule has 1 aliphatic carbocycles. The summed E-state index contributed by atoms with van der Waals surface area (Å²) in [5, 5.41) is 0. The molecule has 1 saturated heterocycles. The van der Waals surface area contributed by atoms with Crippen molar-refractivity contribution in [1.29, 1.82) is 0 Å². The topological polar surface area (TPSA) is 78.9 Å². The van der Waals surface area contributed by atoms with Crippen molar-refractivity contribution in [3.8, 4) is 0 Å². The predicted molar refractivity (Wildman–Crippen MR) is 66.9 cm³/mol. The fraction of sp³-hybridized carbons (Fsp3) is 0.833. The summed E-state index contributed by atoms with van der Waals surface area (Å²) in [4.78, 5) is 23.5. The molecule has 19 heavy (non-hydrogen) atoms. The lowest BCUT2D eigenvalue weighted by atomic mass is 9.85.